The topological polar surface area (TPSA) is 81.9 Å². The second-order valence-corrected chi connectivity index (χ2v) is 5.25. The van der Waals surface area contributed by atoms with E-state index in [9.17, 15) is 4.79 Å². The first kappa shape index (κ1) is 14.0. The third-order valence-corrected chi connectivity index (χ3v) is 3.49. The highest BCUT2D eigenvalue weighted by Crippen LogP contribution is 2.23. The average molecular weight is 308 g/mol. The van der Waals surface area contributed by atoms with E-state index in [-0.39, 0.29) is 17.4 Å². The van der Waals surface area contributed by atoms with Gasteiger partial charge in [0.15, 0.2) is 0 Å². The lowest BCUT2D eigenvalue weighted by Crippen LogP contribution is -2.47. The molecule has 3 rings (SSSR count). The van der Waals surface area contributed by atoms with Gasteiger partial charge >= 0.3 is 6.03 Å². The number of methoxy groups -OCH3 is 1. The highest BCUT2D eigenvalue weighted by Gasteiger charge is 2.26. The van der Waals surface area contributed by atoms with Crippen molar-refractivity contribution in [3.63, 3.8) is 0 Å². The van der Waals surface area contributed by atoms with Crippen LogP contribution in [0.1, 0.15) is 11.3 Å². The van der Waals surface area contributed by atoms with Crippen molar-refractivity contribution in [2.24, 2.45) is 0 Å². The molecule has 1 amide bonds. The van der Waals surface area contributed by atoms with Gasteiger partial charge in [-0.1, -0.05) is 0 Å². The molecule has 110 valence electrons. The lowest BCUT2D eigenvalue weighted by Gasteiger charge is -2.23. The van der Waals surface area contributed by atoms with Crippen LogP contribution in [0.15, 0.2) is 12.3 Å². The Bertz CT molecular complexity index is 700. The van der Waals surface area contributed by atoms with Crippen LogP contribution in [0.5, 0.6) is 0 Å². The Morgan fingerprint density at radius 3 is 3.14 bits per heavy atom. The molecule has 2 aromatic rings. The molecule has 0 fully saturated rings. The Balaban J connectivity index is 1.99. The molecule has 1 N–H and O–H groups in total. The number of aromatic nitrogens is 4. The van der Waals surface area contributed by atoms with Crippen molar-refractivity contribution >= 4 is 17.6 Å². The number of rotatable bonds is 3. The van der Waals surface area contributed by atoms with Crippen LogP contribution in [0.2, 0.25) is 5.28 Å². The van der Waals surface area contributed by atoms with Crippen LogP contribution >= 0.6 is 11.6 Å². The molecule has 2 aromatic heterocycles. The average Bonchev–Trinajstić information content (AvgIpc) is 2.86. The van der Waals surface area contributed by atoms with Crippen LogP contribution in [-0.4, -0.2) is 45.5 Å². The lowest BCUT2D eigenvalue weighted by atomic mass is 10.1. The molecule has 0 saturated carbocycles. The van der Waals surface area contributed by atoms with Gasteiger partial charge in [0.05, 0.1) is 24.0 Å². The SMILES string of the molecule is COC[C@H]1Cc2cc(-c3nc(Cl)ncc3C)nn2C(=O)N1. The molecule has 0 spiro atoms. The number of carbonyl (C=O) groups excluding carboxylic acids is 1. The fourth-order valence-electron chi connectivity index (χ4n) is 2.38. The number of nitrogens with one attached hydrogen (secondary N) is 1. The first-order valence-electron chi connectivity index (χ1n) is 6.46. The molecular weight excluding hydrogens is 294 g/mol. The molecule has 1 atom stereocenters. The van der Waals surface area contributed by atoms with Gasteiger partial charge in [-0.2, -0.15) is 9.78 Å². The summed E-state index contributed by atoms with van der Waals surface area (Å²) in [7, 11) is 1.61. The third-order valence-electron chi connectivity index (χ3n) is 3.31. The van der Waals surface area contributed by atoms with E-state index in [1.54, 1.807) is 13.3 Å². The van der Waals surface area contributed by atoms with E-state index in [0.717, 1.165) is 11.3 Å². The van der Waals surface area contributed by atoms with Crippen molar-refractivity contribution in [3.8, 4) is 11.4 Å². The van der Waals surface area contributed by atoms with Crippen molar-refractivity contribution in [1.82, 2.24) is 25.1 Å². The van der Waals surface area contributed by atoms with Gasteiger partial charge in [0, 0.05) is 19.7 Å². The van der Waals surface area contributed by atoms with Gasteiger partial charge < -0.3 is 10.1 Å². The summed E-state index contributed by atoms with van der Waals surface area (Å²) in [6.07, 6.45) is 2.29. The minimum Gasteiger partial charge on any atom is -0.383 e. The van der Waals surface area contributed by atoms with Crippen LogP contribution in [0.25, 0.3) is 11.4 Å². The summed E-state index contributed by atoms with van der Waals surface area (Å²) >= 11 is 5.83. The van der Waals surface area contributed by atoms with Crippen LogP contribution in [0.3, 0.4) is 0 Å². The minimum atomic E-state index is -0.262. The normalized spacial score (nSPS) is 17.5. The fourth-order valence-corrected chi connectivity index (χ4v) is 2.51. The maximum Gasteiger partial charge on any atom is 0.342 e. The summed E-state index contributed by atoms with van der Waals surface area (Å²) in [6.45, 7) is 2.34. The van der Waals surface area contributed by atoms with Crippen molar-refractivity contribution in [2.45, 2.75) is 19.4 Å². The summed E-state index contributed by atoms with van der Waals surface area (Å²) < 4.78 is 6.45. The number of amides is 1. The summed E-state index contributed by atoms with van der Waals surface area (Å²) in [4.78, 5) is 20.2. The van der Waals surface area contributed by atoms with Gasteiger partial charge in [0.2, 0.25) is 5.28 Å². The summed E-state index contributed by atoms with van der Waals surface area (Å²) in [5.74, 6) is 0. The quantitative estimate of drug-likeness (QED) is 0.868. The van der Waals surface area contributed by atoms with Gasteiger partial charge in [0.25, 0.3) is 0 Å². The largest absolute Gasteiger partial charge is 0.383 e. The van der Waals surface area contributed by atoms with E-state index >= 15 is 0 Å². The summed E-state index contributed by atoms with van der Waals surface area (Å²) in [5, 5.41) is 7.31. The van der Waals surface area contributed by atoms with Crippen molar-refractivity contribution < 1.29 is 9.53 Å². The van der Waals surface area contributed by atoms with Crippen molar-refractivity contribution in [1.29, 1.82) is 0 Å². The number of halogens is 1. The molecule has 1 aliphatic heterocycles. The minimum absolute atomic E-state index is 0.0466. The van der Waals surface area contributed by atoms with E-state index in [0.29, 0.717) is 24.4 Å². The maximum absolute atomic E-state index is 12.0. The Labute approximate surface area is 126 Å². The van der Waals surface area contributed by atoms with E-state index in [1.807, 2.05) is 13.0 Å². The number of hydrogen-bond donors (Lipinski definition) is 1. The van der Waals surface area contributed by atoms with Crippen LogP contribution in [-0.2, 0) is 11.2 Å². The number of fused-ring (bicyclic) bond motifs is 1. The van der Waals surface area contributed by atoms with E-state index in [2.05, 4.69) is 20.4 Å². The molecule has 21 heavy (non-hydrogen) atoms. The zero-order valence-corrected chi connectivity index (χ0v) is 12.4. The number of nitrogens with zero attached hydrogens (tertiary/aromatic N) is 4. The van der Waals surface area contributed by atoms with Crippen LogP contribution in [0.4, 0.5) is 4.79 Å². The van der Waals surface area contributed by atoms with Gasteiger partial charge in [-0.05, 0) is 30.2 Å². The molecular formula is C13H14ClN5O2. The molecule has 0 bridgehead atoms. The second-order valence-electron chi connectivity index (χ2n) is 4.91. The predicted molar refractivity (Wildman–Crippen MR) is 76.3 cm³/mol. The molecule has 0 aliphatic carbocycles. The maximum atomic E-state index is 12.0. The van der Waals surface area contributed by atoms with Crippen LogP contribution < -0.4 is 5.32 Å². The van der Waals surface area contributed by atoms with E-state index in [1.165, 1.54) is 4.68 Å². The van der Waals surface area contributed by atoms with Gasteiger partial charge in [-0.25, -0.2) is 14.8 Å². The Morgan fingerprint density at radius 1 is 1.57 bits per heavy atom. The highest BCUT2D eigenvalue weighted by molar-refractivity contribution is 6.28. The Hall–Kier alpha value is -1.99. The highest BCUT2D eigenvalue weighted by atomic mass is 35.5. The van der Waals surface area contributed by atoms with Crippen LogP contribution in [0, 0.1) is 6.92 Å². The molecule has 7 nitrogen and oxygen atoms in total. The van der Waals surface area contributed by atoms with E-state index < -0.39 is 0 Å². The standard InChI is InChI=1S/C13H14ClN5O2/c1-7-5-15-12(14)17-11(7)10-4-9-3-8(6-21-2)16-13(20)19(9)18-10/h4-5,8H,3,6H2,1-2H3,(H,16,20)/t8-/m1/s1. The molecule has 8 heteroatoms. The van der Waals surface area contributed by atoms with Gasteiger partial charge in [-0.15, -0.1) is 0 Å². The fraction of sp³-hybridized carbons (Fsp3) is 0.385. The van der Waals surface area contributed by atoms with Crippen molar-refractivity contribution in [2.75, 3.05) is 13.7 Å². The monoisotopic (exact) mass is 307 g/mol. The first-order chi connectivity index (χ1) is 10.1. The molecule has 0 saturated heterocycles. The lowest BCUT2D eigenvalue weighted by molar-refractivity contribution is 0.159. The summed E-state index contributed by atoms with van der Waals surface area (Å²) in [5.41, 5.74) is 2.92. The summed E-state index contributed by atoms with van der Waals surface area (Å²) in [6, 6.07) is 1.55. The smallest absolute Gasteiger partial charge is 0.342 e. The van der Waals surface area contributed by atoms with Crippen molar-refractivity contribution in [3.05, 3.63) is 28.8 Å². The Kier molecular flexibility index (Phi) is 3.60. The van der Waals surface area contributed by atoms with Gasteiger partial charge in [0.1, 0.15) is 5.69 Å². The predicted octanol–water partition coefficient (Wildman–Crippen LogP) is 1.43. The number of aryl methyl sites for hydroxylation is 1. The zero-order valence-electron chi connectivity index (χ0n) is 11.6. The third kappa shape index (κ3) is 2.62. The molecule has 1 aliphatic rings. The first-order valence-corrected chi connectivity index (χ1v) is 6.84. The van der Waals surface area contributed by atoms with E-state index in [4.69, 9.17) is 16.3 Å². The Morgan fingerprint density at radius 2 is 2.38 bits per heavy atom. The molecule has 0 radical (unpaired) electrons. The number of ether oxygens (including phenoxy) is 1. The van der Waals surface area contributed by atoms with Gasteiger partial charge in [-0.3, -0.25) is 0 Å². The number of carbonyl (C=O) groups is 1. The molecule has 0 unspecified atom stereocenters. The molecule has 0 aromatic carbocycles. The second kappa shape index (κ2) is 5.42. The zero-order chi connectivity index (χ0) is 15.0. The molecule has 3 heterocycles. The number of hydrogen-bond acceptors (Lipinski definition) is 5.